The first-order chi connectivity index (χ1) is 9.16. The molecule has 0 aromatic carbocycles. The van der Waals surface area contributed by atoms with E-state index in [1.165, 1.54) is 0 Å². The molecule has 5 heteroatoms. The monoisotopic (exact) mass is 274 g/mol. The van der Waals surface area contributed by atoms with E-state index >= 15 is 0 Å². The van der Waals surface area contributed by atoms with Gasteiger partial charge < -0.3 is 20.3 Å². The Balaban J connectivity index is 2.37. The summed E-state index contributed by atoms with van der Waals surface area (Å²) in [6.45, 7) is 4.42. The Kier molecular flexibility index (Phi) is 7.87. The summed E-state index contributed by atoms with van der Waals surface area (Å²) >= 11 is 0. The highest BCUT2D eigenvalue weighted by Gasteiger charge is 2.38. The molecule has 0 heterocycles. The van der Waals surface area contributed by atoms with Crippen molar-refractivity contribution in [1.82, 2.24) is 4.90 Å². The highest BCUT2D eigenvalue weighted by Crippen LogP contribution is 2.35. The molecule has 3 N–H and O–H groups in total. The lowest BCUT2D eigenvalue weighted by atomic mass is 9.86. The number of nitrogens with two attached hydrogens (primary N) is 1. The van der Waals surface area contributed by atoms with Gasteiger partial charge in [-0.2, -0.15) is 0 Å². The Morgan fingerprint density at radius 1 is 1.21 bits per heavy atom. The molecule has 1 rings (SSSR count). The van der Waals surface area contributed by atoms with E-state index in [-0.39, 0.29) is 12.1 Å². The Labute approximate surface area is 117 Å². The summed E-state index contributed by atoms with van der Waals surface area (Å²) in [6, 6.07) is 0. The molecule has 0 aromatic heterocycles. The van der Waals surface area contributed by atoms with E-state index in [0.717, 1.165) is 58.5 Å². The summed E-state index contributed by atoms with van der Waals surface area (Å²) in [5, 5.41) is 9.47. The largest absolute Gasteiger partial charge is 0.394 e. The van der Waals surface area contributed by atoms with Crippen LogP contribution in [0.2, 0.25) is 0 Å². The van der Waals surface area contributed by atoms with Crippen molar-refractivity contribution in [3.05, 3.63) is 0 Å². The number of aliphatic hydroxyl groups is 1. The predicted octanol–water partition coefficient (Wildman–Crippen LogP) is 0.461. The maximum atomic E-state index is 9.47. The Morgan fingerprint density at radius 2 is 1.84 bits per heavy atom. The van der Waals surface area contributed by atoms with E-state index in [2.05, 4.69) is 4.90 Å². The van der Waals surface area contributed by atoms with Crippen LogP contribution >= 0.6 is 0 Å². The van der Waals surface area contributed by atoms with E-state index in [4.69, 9.17) is 15.2 Å². The summed E-state index contributed by atoms with van der Waals surface area (Å²) in [5.41, 5.74) is 5.92. The van der Waals surface area contributed by atoms with Gasteiger partial charge in [-0.3, -0.25) is 4.90 Å². The van der Waals surface area contributed by atoms with Crippen LogP contribution < -0.4 is 5.73 Å². The van der Waals surface area contributed by atoms with Gasteiger partial charge in [0.05, 0.1) is 19.8 Å². The first-order valence-electron chi connectivity index (χ1n) is 7.26. The van der Waals surface area contributed by atoms with Crippen molar-refractivity contribution >= 4 is 0 Å². The normalized spacial score (nSPS) is 27.3. The molecule has 0 bridgehead atoms. The molecule has 5 nitrogen and oxygen atoms in total. The van der Waals surface area contributed by atoms with E-state index in [1.807, 2.05) is 0 Å². The zero-order chi connectivity index (χ0) is 14.1. The fourth-order valence-corrected chi connectivity index (χ4v) is 2.92. The molecule has 1 aliphatic carbocycles. The van der Waals surface area contributed by atoms with Crippen LogP contribution in [0.25, 0.3) is 0 Å². The van der Waals surface area contributed by atoms with Gasteiger partial charge in [-0.1, -0.05) is 6.42 Å². The molecule has 1 aliphatic rings. The summed E-state index contributed by atoms with van der Waals surface area (Å²) in [7, 11) is 3.45. The van der Waals surface area contributed by atoms with Gasteiger partial charge in [-0.15, -0.1) is 0 Å². The molecule has 114 valence electrons. The van der Waals surface area contributed by atoms with Crippen LogP contribution in [0, 0.1) is 5.92 Å². The lowest BCUT2D eigenvalue weighted by Gasteiger charge is -2.31. The maximum absolute atomic E-state index is 9.47. The van der Waals surface area contributed by atoms with Crippen LogP contribution in [0.15, 0.2) is 0 Å². The average molecular weight is 274 g/mol. The zero-order valence-electron chi connectivity index (χ0n) is 12.4. The van der Waals surface area contributed by atoms with Gasteiger partial charge in [0.25, 0.3) is 0 Å². The third-order valence-corrected chi connectivity index (χ3v) is 4.32. The highest BCUT2D eigenvalue weighted by atomic mass is 16.5. The van der Waals surface area contributed by atoms with Gasteiger partial charge in [0.2, 0.25) is 0 Å². The molecule has 0 spiro atoms. The van der Waals surface area contributed by atoms with E-state index in [9.17, 15) is 5.11 Å². The third-order valence-electron chi connectivity index (χ3n) is 4.32. The van der Waals surface area contributed by atoms with Gasteiger partial charge >= 0.3 is 0 Å². The standard InChI is InChI=1S/C14H30N2O3/c1-18-10-8-16(9-11-19-2)7-5-13-4-3-6-14(13,15)12-17/h13,17H,3-12,15H2,1-2H3. The number of hydrogen-bond acceptors (Lipinski definition) is 5. The smallest absolute Gasteiger partial charge is 0.0613 e. The number of rotatable bonds is 10. The molecule has 2 unspecified atom stereocenters. The topological polar surface area (TPSA) is 68.0 Å². The minimum Gasteiger partial charge on any atom is -0.394 e. The molecule has 19 heavy (non-hydrogen) atoms. The molecule has 0 amide bonds. The quantitative estimate of drug-likeness (QED) is 0.606. The second-order valence-electron chi connectivity index (χ2n) is 5.60. The minimum atomic E-state index is -0.353. The van der Waals surface area contributed by atoms with Gasteiger partial charge in [0.1, 0.15) is 0 Å². The minimum absolute atomic E-state index is 0.105. The molecular weight excluding hydrogens is 244 g/mol. The molecule has 1 fully saturated rings. The summed E-state index contributed by atoms with van der Waals surface area (Å²) in [4.78, 5) is 2.35. The molecule has 2 atom stereocenters. The average Bonchev–Trinajstić information content (AvgIpc) is 2.80. The number of methoxy groups -OCH3 is 2. The summed E-state index contributed by atoms with van der Waals surface area (Å²) in [6.07, 6.45) is 4.27. The highest BCUT2D eigenvalue weighted by molar-refractivity contribution is 4.96. The van der Waals surface area contributed by atoms with Crippen LogP contribution in [0.3, 0.4) is 0 Å². The number of nitrogens with zero attached hydrogens (tertiary/aromatic N) is 1. The lowest BCUT2D eigenvalue weighted by Crippen LogP contribution is -2.48. The summed E-state index contributed by atoms with van der Waals surface area (Å²) in [5.74, 6) is 0.435. The Bertz CT molecular complexity index is 233. The van der Waals surface area contributed by atoms with Crippen LogP contribution in [0.4, 0.5) is 0 Å². The second kappa shape index (κ2) is 8.87. The van der Waals surface area contributed by atoms with Gasteiger partial charge in [-0.05, 0) is 31.7 Å². The van der Waals surface area contributed by atoms with Crippen molar-refractivity contribution in [2.24, 2.45) is 11.7 Å². The fraction of sp³-hybridized carbons (Fsp3) is 1.00. The zero-order valence-corrected chi connectivity index (χ0v) is 12.4. The Hall–Kier alpha value is -0.200. The van der Waals surface area contributed by atoms with Gasteiger partial charge in [0.15, 0.2) is 0 Å². The summed E-state index contributed by atoms with van der Waals surface area (Å²) < 4.78 is 10.3. The molecule has 0 aromatic rings. The maximum Gasteiger partial charge on any atom is 0.0613 e. The van der Waals surface area contributed by atoms with E-state index in [1.54, 1.807) is 14.2 Å². The number of hydrogen-bond donors (Lipinski definition) is 2. The van der Waals surface area contributed by atoms with Gasteiger partial charge in [0, 0.05) is 32.8 Å². The fourth-order valence-electron chi connectivity index (χ4n) is 2.92. The van der Waals surface area contributed by atoms with Crippen molar-refractivity contribution in [3.63, 3.8) is 0 Å². The molecular formula is C14H30N2O3. The van der Waals surface area contributed by atoms with Crippen LogP contribution in [-0.2, 0) is 9.47 Å². The van der Waals surface area contributed by atoms with Crippen molar-refractivity contribution in [2.45, 2.75) is 31.2 Å². The lowest BCUT2D eigenvalue weighted by molar-refractivity contribution is 0.101. The van der Waals surface area contributed by atoms with Gasteiger partial charge in [-0.25, -0.2) is 0 Å². The van der Waals surface area contributed by atoms with Crippen LogP contribution in [0.5, 0.6) is 0 Å². The first-order valence-corrected chi connectivity index (χ1v) is 7.26. The van der Waals surface area contributed by atoms with E-state index < -0.39 is 0 Å². The first kappa shape index (κ1) is 16.9. The number of aliphatic hydroxyl groups excluding tert-OH is 1. The van der Waals surface area contributed by atoms with Crippen molar-refractivity contribution in [1.29, 1.82) is 0 Å². The molecule has 1 saturated carbocycles. The molecule has 0 radical (unpaired) electrons. The predicted molar refractivity (Wildman–Crippen MR) is 76.2 cm³/mol. The van der Waals surface area contributed by atoms with Crippen molar-refractivity contribution in [3.8, 4) is 0 Å². The van der Waals surface area contributed by atoms with Crippen LogP contribution in [-0.4, -0.2) is 69.2 Å². The van der Waals surface area contributed by atoms with Crippen LogP contribution in [0.1, 0.15) is 25.7 Å². The van der Waals surface area contributed by atoms with E-state index in [0.29, 0.717) is 5.92 Å². The van der Waals surface area contributed by atoms with Crippen molar-refractivity contribution < 1.29 is 14.6 Å². The molecule has 0 saturated heterocycles. The second-order valence-corrected chi connectivity index (χ2v) is 5.60. The third kappa shape index (κ3) is 5.36. The Morgan fingerprint density at radius 3 is 2.37 bits per heavy atom. The number of ether oxygens (including phenoxy) is 2. The molecule has 0 aliphatic heterocycles. The van der Waals surface area contributed by atoms with Crippen molar-refractivity contribution in [2.75, 3.05) is 53.7 Å². The SMILES string of the molecule is COCCN(CCOC)CCC1CCCC1(N)CO.